The summed E-state index contributed by atoms with van der Waals surface area (Å²) in [6.45, 7) is 8.07. The fourth-order valence-electron chi connectivity index (χ4n) is 3.19. The van der Waals surface area contributed by atoms with Crippen LogP contribution in [-0.4, -0.2) is 50.8 Å². The molecule has 1 aliphatic heterocycles. The minimum absolute atomic E-state index is 0.876. The molecule has 126 valence electrons. The van der Waals surface area contributed by atoms with Gasteiger partial charge in [0, 0.05) is 32.7 Å². The van der Waals surface area contributed by atoms with Crippen LogP contribution < -0.4 is 4.90 Å². The van der Waals surface area contributed by atoms with E-state index < -0.39 is 0 Å². The molecule has 6 nitrogen and oxygen atoms in total. The predicted molar refractivity (Wildman–Crippen MR) is 97.4 cm³/mol. The van der Waals surface area contributed by atoms with Crippen molar-refractivity contribution in [2.24, 2.45) is 0 Å². The van der Waals surface area contributed by atoms with Gasteiger partial charge in [0.25, 0.3) is 0 Å². The van der Waals surface area contributed by atoms with E-state index >= 15 is 0 Å². The van der Waals surface area contributed by atoms with Crippen molar-refractivity contribution in [2.75, 3.05) is 31.1 Å². The molecule has 4 rings (SSSR count). The number of nitrogens with zero attached hydrogens (tertiary/aromatic N) is 6. The second-order valence-corrected chi connectivity index (χ2v) is 7.08. The van der Waals surface area contributed by atoms with Gasteiger partial charge in [-0.25, -0.2) is 14.6 Å². The molecule has 0 atom stereocenters. The van der Waals surface area contributed by atoms with E-state index in [4.69, 9.17) is 4.98 Å². The van der Waals surface area contributed by atoms with Crippen LogP contribution in [0.15, 0.2) is 30.6 Å². The van der Waals surface area contributed by atoms with Crippen LogP contribution in [0, 0.1) is 0 Å². The van der Waals surface area contributed by atoms with E-state index in [2.05, 4.69) is 51.1 Å². The molecule has 0 aliphatic carbocycles. The largest absolute Gasteiger partial charge is 0.347 e. The third-order valence-electron chi connectivity index (χ3n) is 4.50. The average molecular weight is 342 g/mol. The summed E-state index contributed by atoms with van der Waals surface area (Å²) in [5.74, 6) is 1.06. The Morgan fingerprint density at radius 1 is 1.12 bits per heavy atom. The highest BCUT2D eigenvalue weighted by atomic mass is 32.1. The van der Waals surface area contributed by atoms with E-state index in [9.17, 15) is 0 Å². The Labute approximate surface area is 145 Å². The molecular formula is C17H22N6S. The summed E-state index contributed by atoms with van der Waals surface area (Å²) in [5.41, 5.74) is 1.11. The van der Waals surface area contributed by atoms with Crippen molar-refractivity contribution in [2.45, 2.75) is 26.4 Å². The van der Waals surface area contributed by atoms with Crippen molar-refractivity contribution in [3.8, 4) is 0 Å². The summed E-state index contributed by atoms with van der Waals surface area (Å²) in [4.78, 5) is 14.1. The fourth-order valence-corrected chi connectivity index (χ4v) is 4.21. The van der Waals surface area contributed by atoms with Gasteiger partial charge in [-0.3, -0.25) is 4.90 Å². The zero-order valence-corrected chi connectivity index (χ0v) is 14.7. The molecule has 0 spiro atoms. The minimum atomic E-state index is 0.876. The first kappa shape index (κ1) is 15.5. The molecule has 7 heteroatoms. The first-order valence-electron chi connectivity index (χ1n) is 8.53. The topological polar surface area (TPSA) is 50.1 Å². The molecule has 0 N–H and O–H groups in total. The lowest BCUT2D eigenvalue weighted by Gasteiger charge is -2.21. The quantitative estimate of drug-likeness (QED) is 0.729. The van der Waals surface area contributed by atoms with Crippen molar-refractivity contribution >= 4 is 26.7 Å². The van der Waals surface area contributed by atoms with Gasteiger partial charge in [0.05, 0.1) is 16.8 Å². The number of thiazole rings is 1. The highest BCUT2D eigenvalue weighted by molar-refractivity contribution is 7.22. The van der Waals surface area contributed by atoms with Gasteiger partial charge in [0.15, 0.2) is 5.13 Å². The zero-order chi connectivity index (χ0) is 16.4. The second kappa shape index (κ2) is 6.86. The number of hydrogen-bond donors (Lipinski definition) is 0. The summed E-state index contributed by atoms with van der Waals surface area (Å²) in [6, 6.07) is 8.38. The number of benzene rings is 1. The SMILES string of the molecule is CCn1ncnc1CN1CCCN(c2nc3ccccc3s2)CC1. The van der Waals surface area contributed by atoms with Crippen LogP contribution in [-0.2, 0) is 13.1 Å². The Morgan fingerprint density at radius 2 is 2.04 bits per heavy atom. The summed E-state index contributed by atoms with van der Waals surface area (Å²) < 4.78 is 3.25. The Bertz CT molecular complexity index is 777. The fraction of sp³-hybridized carbons (Fsp3) is 0.471. The molecular weight excluding hydrogens is 320 g/mol. The third kappa shape index (κ3) is 3.14. The Kier molecular flexibility index (Phi) is 4.44. The van der Waals surface area contributed by atoms with Crippen LogP contribution >= 0.6 is 11.3 Å². The maximum atomic E-state index is 4.81. The van der Waals surface area contributed by atoms with Crippen molar-refractivity contribution in [3.05, 3.63) is 36.4 Å². The molecule has 0 saturated carbocycles. The van der Waals surface area contributed by atoms with Crippen LogP contribution in [0.3, 0.4) is 0 Å². The van der Waals surface area contributed by atoms with Gasteiger partial charge in [0.2, 0.25) is 0 Å². The maximum absolute atomic E-state index is 4.81. The molecule has 24 heavy (non-hydrogen) atoms. The molecule has 1 aliphatic rings. The monoisotopic (exact) mass is 342 g/mol. The Balaban J connectivity index is 1.44. The number of rotatable bonds is 4. The van der Waals surface area contributed by atoms with Gasteiger partial charge in [-0.15, -0.1) is 0 Å². The summed E-state index contributed by atoms with van der Waals surface area (Å²) in [7, 11) is 0. The molecule has 2 aromatic heterocycles. The highest BCUT2D eigenvalue weighted by Gasteiger charge is 2.19. The number of aromatic nitrogens is 4. The first-order chi connectivity index (χ1) is 11.8. The maximum Gasteiger partial charge on any atom is 0.186 e. The van der Waals surface area contributed by atoms with E-state index in [1.165, 1.54) is 4.70 Å². The number of fused-ring (bicyclic) bond motifs is 1. The van der Waals surface area contributed by atoms with Crippen molar-refractivity contribution in [3.63, 3.8) is 0 Å². The molecule has 3 aromatic rings. The highest BCUT2D eigenvalue weighted by Crippen LogP contribution is 2.29. The van der Waals surface area contributed by atoms with E-state index in [0.29, 0.717) is 0 Å². The van der Waals surface area contributed by atoms with Gasteiger partial charge in [-0.05, 0) is 25.5 Å². The molecule has 0 amide bonds. The number of para-hydroxylation sites is 1. The molecule has 0 radical (unpaired) electrons. The van der Waals surface area contributed by atoms with Crippen molar-refractivity contribution in [1.82, 2.24) is 24.6 Å². The van der Waals surface area contributed by atoms with Gasteiger partial charge >= 0.3 is 0 Å². The molecule has 0 bridgehead atoms. The first-order valence-corrected chi connectivity index (χ1v) is 9.34. The van der Waals surface area contributed by atoms with E-state index in [1.54, 1.807) is 17.7 Å². The smallest absolute Gasteiger partial charge is 0.186 e. The Morgan fingerprint density at radius 3 is 2.92 bits per heavy atom. The van der Waals surface area contributed by atoms with Crippen LogP contribution in [0.2, 0.25) is 0 Å². The van der Waals surface area contributed by atoms with Gasteiger partial charge in [-0.2, -0.15) is 5.10 Å². The number of anilines is 1. The second-order valence-electron chi connectivity index (χ2n) is 6.07. The van der Waals surface area contributed by atoms with Gasteiger partial charge in [-0.1, -0.05) is 23.5 Å². The molecule has 1 saturated heterocycles. The Hall–Kier alpha value is -1.99. The van der Waals surface area contributed by atoms with E-state index in [0.717, 1.165) is 62.2 Å². The summed E-state index contributed by atoms with van der Waals surface area (Å²) in [6.07, 6.45) is 2.81. The zero-order valence-electron chi connectivity index (χ0n) is 13.9. The van der Waals surface area contributed by atoms with E-state index in [1.807, 2.05) is 4.68 Å². The van der Waals surface area contributed by atoms with Crippen LogP contribution in [0.25, 0.3) is 10.2 Å². The average Bonchev–Trinajstić information content (AvgIpc) is 3.16. The lowest BCUT2D eigenvalue weighted by Crippen LogP contribution is -2.31. The lowest BCUT2D eigenvalue weighted by molar-refractivity contribution is 0.272. The minimum Gasteiger partial charge on any atom is -0.347 e. The van der Waals surface area contributed by atoms with E-state index in [-0.39, 0.29) is 0 Å². The van der Waals surface area contributed by atoms with Crippen LogP contribution in [0.1, 0.15) is 19.2 Å². The molecule has 0 unspecified atom stereocenters. The standard InChI is InChI=1S/C17H22N6S/c1-2-23-16(18-13-19-23)12-21-8-5-9-22(11-10-21)17-20-14-6-3-4-7-15(14)24-17/h3-4,6-7,13H,2,5,8-12H2,1H3. The van der Waals surface area contributed by atoms with Crippen molar-refractivity contribution in [1.29, 1.82) is 0 Å². The third-order valence-corrected chi connectivity index (χ3v) is 5.60. The van der Waals surface area contributed by atoms with Crippen LogP contribution in [0.5, 0.6) is 0 Å². The van der Waals surface area contributed by atoms with Gasteiger partial charge < -0.3 is 4.90 Å². The van der Waals surface area contributed by atoms with Crippen LogP contribution in [0.4, 0.5) is 5.13 Å². The van der Waals surface area contributed by atoms with Gasteiger partial charge in [0.1, 0.15) is 12.2 Å². The summed E-state index contributed by atoms with van der Waals surface area (Å²) >= 11 is 1.80. The molecule has 1 aromatic carbocycles. The van der Waals surface area contributed by atoms with Crippen molar-refractivity contribution < 1.29 is 0 Å². The molecule has 3 heterocycles. The number of hydrogen-bond acceptors (Lipinski definition) is 6. The lowest BCUT2D eigenvalue weighted by atomic mass is 10.3. The molecule has 1 fully saturated rings. The number of aryl methyl sites for hydroxylation is 1. The predicted octanol–water partition coefficient (Wildman–Crippen LogP) is 2.62. The normalized spacial score (nSPS) is 16.6. The summed E-state index contributed by atoms with van der Waals surface area (Å²) in [5, 5.41) is 5.42.